The van der Waals surface area contributed by atoms with Crippen LogP contribution in [0.5, 0.6) is 5.75 Å². The summed E-state index contributed by atoms with van der Waals surface area (Å²) in [5.41, 5.74) is 1.03. The highest BCUT2D eigenvalue weighted by Crippen LogP contribution is 2.23. The number of para-hydroxylation sites is 1. The van der Waals surface area contributed by atoms with Crippen molar-refractivity contribution in [2.24, 2.45) is 0 Å². The summed E-state index contributed by atoms with van der Waals surface area (Å²) in [6.07, 6.45) is 0.141. The molecule has 2 nitrogen and oxygen atoms in total. The van der Waals surface area contributed by atoms with Gasteiger partial charge in [-0.3, -0.25) is 0 Å². The summed E-state index contributed by atoms with van der Waals surface area (Å²) in [4.78, 5) is 0. The third-order valence-corrected chi connectivity index (χ3v) is 2.47. The van der Waals surface area contributed by atoms with Gasteiger partial charge in [0.05, 0.1) is 12.5 Å². The van der Waals surface area contributed by atoms with E-state index in [1.54, 1.807) is 0 Å². The zero-order valence-electron chi connectivity index (χ0n) is 9.41. The second-order valence-corrected chi connectivity index (χ2v) is 3.69. The number of ether oxygens (including phenoxy) is 1. The minimum atomic E-state index is -0.205. The Balaban J connectivity index is 2.17. The Bertz CT molecular complexity index is 487. The van der Waals surface area contributed by atoms with Crippen LogP contribution in [0.15, 0.2) is 60.7 Å². The third-order valence-electron chi connectivity index (χ3n) is 2.47. The van der Waals surface area contributed by atoms with Gasteiger partial charge in [0.15, 0.2) is 0 Å². The van der Waals surface area contributed by atoms with Crippen LogP contribution in [-0.2, 0) is 0 Å². The molecule has 0 unspecified atom stereocenters. The molecule has 0 aliphatic rings. The maximum Gasteiger partial charge on any atom is 0.137 e. The first-order valence-corrected chi connectivity index (χ1v) is 5.54. The van der Waals surface area contributed by atoms with Crippen molar-refractivity contribution in [3.05, 3.63) is 66.2 Å². The number of nitrogens with zero attached hydrogens (tertiary/aromatic N) is 1. The molecular formula is C15H13NO. The average molecular weight is 223 g/mol. The van der Waals surface area contributed by atoms with Gasteiger partial charge in [0.1, 0.15) is 11.9 Å². The van der Waals surface area contributed by atoms with Crippen molar-refractivity contribution in [3.8, 4) is 11.8 Å². The van der Waals surface area contributed by atoms with Crippen LogP contribution in [0.3, 0.4) is 0 Å². The highest BCUT2D eigenvalue weighted by atomic mass is 16.5. The molecule has 2 aromatic rings. The van der Waals surface area contributed by atoms with E-state index in [1.807, 2.05) is 60.7 Å². The predicted molar refractivity (Wildman–Crippen MR) is 66.5 cm³/mol. The van der Waals surface area contributed by atoms with E-state index in [4.69, 9.17) is 10.00 Å². The van der Waals surface area contributed by atoms with E-state index < -0.39 is 0 Å². The van der Waals surface area contributed by atoms with Crippen molar-refractivity contribution in [1.82, 2.24) is 0 Å². The van der Waals surface area contributed by atoms with Gasteiger partial charge in [-0.1, -0.05) is 48.5 Å². The lowest BCUT2D eigenvalue weighted by Gasteiger charge is -2.16. The van der Waals surface area contributed by atoms with Crippen molar-refractivity contribution >= 4 is 0 Å². The molecule has 84 valence electrons. The molecule has 2 heteroatoms. The van der Waals surface area contributed by atoms with Gasteiger partial charge in [0, 0.05) is 0 Å². The molecule has 0 N–H and O–H groups in total. The van der Waals surface area contributed by atoms with Gasteiger partial charge in [0.2, 0.25) is 0 Å². The van der Waals surface area contributed by atoms with E-state index in [0.717, 1.165) is 11.3 Å². The fraction of sp³-hybridized carbons (Fsp3) is 0.133. The largest absolute Gasteiger partial charge is 0.485 e. The minimum Gasteiger partial charge on any atom is -0.485 e. The summed E-state index contributed by atoms with van der Waals surface area (Å²) in [7, 11) is 0. The summed E-state index contributed by atoms with van der Waals surface area (Å²) < 4.78 is 5.82. The van der Waals surface area contributed by atoms with E-state index >= 15 is 0 Å². The second-order valence-electron chi connectivity index (χ2n) is 3.69. The molecule has 0 heterocycles. The van der Waals surface area contributed by atoms with E-state index in [1.165, 1.54) is 0 Å². The lowest BCUT2D eigenvalue weighted by Crippen LogP contribution is -2.06. The lowest BCUT2D eigenvalue weighted by atomic mass is 10.1. The van der Waals surface area contributed by atoms with Crippen LogP contribution < -0.4 is 4.74 Å². The van der Waals surface area contributed by atoms with Crippen LogP contribution in [0.1, 0.15) is 18.1 Å². The molecule has 0 aromatic heterocycles. The van der Waals surface area contributed by atoms with Gasteiger partial charge < -0.3 is 4.74 Å². The lowest BCUT2D eigenvalue weighted by molar-refractivity contribution is 0.211. The molecule has 0 saturated carbocycles. The van der Waals surface area contributed by atoms with Gasteiger partial charge in [0.25, 0.3) is 0 Å². The zero-order chi connectivity index (χ0) is 11.9. The van der Waals surface area contributed by atoms with Crippen LogP contribution in [0, 0.1) is 11.3 Å². The summed E-state index contributed by atoms with van der Waals surface area (Å²) in [6.45, 7) is 0. The Morgan fingerprint density at radius 2 is 1.53 bits per heavy atom. The Labute approximate surface area is 101 Å². The van der Waals surface area contributed by atoms with Gasteiger partial charge in [-0.2, -0.15) is 5.26 Å². The number of hydrogen-bond acceptors (Lipinski definition) is 2. The first-order valence-electron chi connectivity index (χ1n) is 5.54. The normalized spacial score (nSPS) is 11.5. The molecule has 0 spiro atoms. The third kappa shape index (κ3) is 3.09. The molecule has 0 amide bonds. The highest BCUT2D eigenvalue weighted by Gasteiger charge is 2.12. The monoisotopic (exact) mass is 223 g/mol. The maximum atomic E-state index is 8.85. The Morgan fingerprint density at radius 1 is 0.941 bits per heavy atom. The van der Waals surface area contributed by atoms with E-state index in [-0.39, 0.29) is 6.10 Å². The standard InChI is InChI=1S/C15H13NO/c16-12-11-15(13-7-3-1-4-8-13)17-14-9-5-2-6-10-14/h1-10,15H,11H2/t15-/m0/s1. The fourth-order valence-corrected chi connectivity index (χ4v) is 1.64. The van der Waals surface area contributed by atoms with Crippen molar-refractivity contribution in [3.63, 3.8) is 0 Å². The molecule has 0 saturated heterocycles. The smallest absolute Gasteiger partial charge is 0.137 e. The maximum absolute atomic E-state index is 8.85. The minimum absolute atomic E-state index is 0.205. The SMILES string of the molecule is N#CC[C@H](Oc1ccccc1)c1ccccc1. The first kappa shape index (κ1) is 11.2. The summed E-state index contributed by atoms with van der Waals surface area (Å²) in [6, 6.07) is 21.5. The van der Waals surface area contributed by atoms with Crippen molar-refractivity contribution < 1.29 is 4.74 Å². The molecule has 0 aliphatic carbocycles. The predicted octanol–water partition coefficient (Wildman–Crippen LogP) is 3.72. The summed E-state index contributed by atoms with van der Waals surface area (Å²) >= 11 is 0. The number of hydrogen-bond donors (Lipinski definition) is 0. The van der Waals surface area contributed by atoms with Crippen LogP contribution in [0.4, 0.5) is 0 Å². The van der Waals surface area contributed by atoms with Gasteiger partial charge in [-0.05, 0) is 17.7 Å². The Kier molecular flexibility index (Phi) is 3.77. The number of benzene rings is 2. The Hall–Kier alpha value is -2.27. The van der Waals surface area contributed by atoms with Crippen LogP contribution >= 0.6 is 0 Å². The van der Waals surface area contributed by atoms with Crippen LogP contribution in [-0.4, -0.2) is 0 Å². The molecule has 2 aromatic carbocycles. The molecule has 17 heavy (non-hydrogen) atoms. The molecule has 0 aliphatic heterocycles. The Morgan fingerprint density at radius 3 is 2.12 bits per heavy atom. The van der Waals surface area contributed by atoms with Crippen molar-refractivity contribution in [2.75, 3.05) is 0 Å². The number of rotatable bonds is 4. The van der Waals surface area contributed by atoms with E-state index in [0.29, 0.717) is 6.42 Å². The van der Waals surface area contributed by atoms with Crippen molar-refractivity contribution in [1.29, 1.82) is 5.26 Å². The van der Waals surface area contributed by atoms with Gasteiger partial charge in [-0.15, -0.1) is 0 Å². The fourth-order valence-electron chi connectivity index (χ4n) is 1.64. The molecular weight excluding hydrogens is 210 g/mol. The molecule has 2 rings (SSSR count). The summed E-state index contributed by atoms with van der Waals surface area (Å²) in [5, 5.41) is 8.85. The topological polar surface area (TPSA) is 33.0 Å². The molecule has 0 fully saturated rings. The van der Waals surface area contributed by atoms with Gasteiger partial charge >= 0.3 is 0 Å². The van der Waals surface area contributed by atoms with Crippen LogP contribution in [0.25, 0.3) is 0 Å². The zero-order valence-corrected chi connectivity index (χ0v) is 9.41. The van der Waals surface area contributed by atoms with Crippen molar-refractivity contribution in [2.45, 2.75) is 12.5 Å². The second kappa shape index (κ2) is 5.72. The van der Waals surface area contributed by atoms with E-state index in [9.17, 15) is 0 Å². The average Bonchev–Trinajstić information content (AvgIpc) is 2.40. The first-order chi connectivity index (χ1) is 8.40. The summed E-state index contributed by atoms with van der Waals surface area (Å²) in [5.74, 6) is 0.789. The van der Waals surface area contributed by atoms with E-state index in [2.05, 4.69) is 6.07 Å². The van der Waals surface area contributed by atoms with Crippen LogP contribution in [0.2, 0.25) is 0 Å². The molecule has 0 radical (unpaired) electrons. The number of nitriles is 1. The quantitative estimate of drug-likeness (QED) is 0.791. The molecule has 0 bridgehead atoms. The van der Waals surface area contributed by atoms with Gasteiger partial charge in [-0.25, -0.2) is 0 Å². The highest BCUT2D eigenvalue weighted by molar-refractivity contribution is 5.25. The molecule has 1 atom stereocenters.